The lowest BCUT2D eigenvalue weighted by Gasteiger charge is -2.38. The summed E-state index contributed by atoms with van der Waals surface area (Å²) in [6, 6.07) is 0.152. The summed E-state index contributed by atoms with van der Waals surface area (Å²) < 4.78 is 4.82. The standard InChI is InChI=1S/C11H22N2O3/c1-9(10(2)14)12-4-6-13(7-5-12)11(15)8-16-3/h9-10,14H,4-8H2,1-3H3/t9-,10+/m1/s1. The van der Waals surface area contributed by atoms with Crippen LogP contribution in [0.1, 0.15) is 13.8 Å². The predicted octanol–water partition coefficient (Wildman–Crippen LogP) is -0.454. The van der Waals surface area contributed by atoms with Gasteiger partial charge in [-0.15, -0.1) is 0 Å². The number of amides is 1. The summed E-state index contributed by atoms with van der Waals surface area (Å²) in [6.45, 7) is 7.05. The summed E-state index contributed by atoms with van der Waals surface area (Å²) in [7, 11) is 1.53. The van der Waals surface area contributed by atoms with Crippen molar-refractivity contribution in [3.8, 4) is 0 Å². The Morgan fingerprint density at radius 3 is 2.31 bits per heavy atom. The minimum atomic E-state index is -0.332. The number of nitrogens with zero attached hydrogens (tertiary/aromatic N) is 2. The Kier molecular flexibility index (Phi) is 5.18. The zero-order valence-corrected chi connectivity index (χ0v) is 10.3. The second-order valence-electron chi connectivity index (χ2n) is 4.33. The summed E-state index contributed by atoms with van der Waals surface area (Å²) in [5.41, 5.74) is 0. The number of carbonyl (C=O) groups is 1. The van der Waals surface area contributed by atoms with Crippen LogP contribution in [0.25, 0.3) is 0 Å². The molecule has 0 aromatic carbocycles. The molecule has 1 heterocycles. The fraction of sp³-hybridized carbons (Fsp3) is 0.909. The van der Waals surface area contributed by atoms with E-state index in [4.69, 9.17) is 4.74 Å². The molecule has 16 heavy (non-hydrogen) atoms. The molecule has 0 bridgehead atoms. The van der Waals surface area contributed by atoms with Gasteiger partial charge in [-0.25, -0.2) is 0 Å². The third kappa shape index (κ3) is 3.43. The van der Waals surface area contributed by atoms with Crippen LogP contribution in [-0.4, -0.2) is 72.9 Å². The Morgan fingerprint density at radius 2 is 1.88 bits per heavy atom. The first kappa shape index (κ1) is 13.4. The van der Waals surface area contributed by atoms with Gasteiger partial charge in [0.1, 0.15) is 6.61 Å². The highest BCUT2D eigenvalue weighted by atomic mass is 16.5. The minimum Gasteiger partial charge on any atom is -0.392 e. The molecular weight excluding hydrogens is 208 g/mol. The molecule has 94 valence electrons. The summed E-state index contributed by atoms with van der Waals surface area (Å²) >= 11 is 0. The van der Waals surface area contributed by atoms with E-state index >= 15 is 0 Å². The van der Waals surface area contributed by atoms with Crippen molar-refractivity contribution < 1.29 is 14.6 Å². The van der Waals surface area contributed by atoms with Crippen molar-refractivity contribution in [1.29, 1.82) is 0 Å². The highest BCUT2D eigenvalue weighted by Crippen LogP contribution is 2.09. The van der Waals surface area contributed by atoms with E-state index in [0.717, 1.165) is 26.2 Å². The minimum absolute atomic E-state index is 0.0480. The van der Waals surface area contributed by atoms with Crippen molar-refractivity contribution in [3.05, 3.63) is 0 Å². The first-order valence-electron chi connectivity index (χ1n) is 5.75. The van der Waals surface area contributed by atoms with Gasteiger partial charge in [0.05, 0.1) is 6.10 Å². The first-order chi connectivity index (χ1) is 7.56. The van der Waals surface area contributed by atoms with Gasteiger partial charge in [0.15, 0.2) is 0 Å². The van der Waals surface area contributed by atoms with E-state index in [9.17, 15) is 9.90 Å². The molecule has 0 aromatic rings. The first-order valence-corrected chi connectivity index (χ1v) is 5.75. The molecule has 0 unspecified atom stereocenters. The smallest absolute Gasteiger partial charge is 0.248 e. The largest absolute Gasteiger partial charge is 0.392 e. The fourth-order valence-electron chi connectivity index (χ4n) is 1.90. The molecule has 0 radical (unpaired) electrons. The van der Waals surface area contributed by atoms with E-state index in [0.29, 0.717) is 0 Å². The summed E-state index contributed by atoms with van der Waals surface area (Å²) in [5, 5.41) is 9.49. The lowest BCUT2D eigenvalue weighted by Crippen LogP contribution is -2.54. The monoisotopic (exact) mass is 230 g/mol. The molecule has 5 heteroatoms. The number of rotatable bonds is 4. The highest BCUT2D eigenvalue weighted by molar-refractivity contribution is 5.77. The van der Waals surface area contributed by atoms with E-state index in [-0.39, 0.29) is 24.7 Å². The van der Waals surface area contributed by atoms with Crippen molar-refractivity contribution in [2.45, 2.75) is 26.0 Å². The molecule has 1 amide bonds. The van der Waals surface area contributed by atoms with Gasteiger partial charge in [-0.2, -0.15) is 0 Å². The molecular formula is C11H22N2O3. The van der Waals surface area contributed by atoms with Crippen LogP contribution in [-0.2, 0) is 9.53 Å². The molecule has 1 N–H and O–H groups in total. The third-order valence-electron chi connectivity index (χ3n) is 3.21. The fourth-order valence-corrected chi connectivity index (χ4v) is 1.90. The average Bonchev–Trinajstić information content (AvgIpc) is 2.28. The van der Waals surface area contributed by atoms with E-state index in [1.807, 2.05) is 11.8 Å². The molecule has 0 aliphatic carbocycles. The molecule has 0 spiro atoms. The Labute approximate surface area is 97.0 Å². The van der Waals surface area contributed by atoms with Gasteiger partial charge in [0.2, 0.25) is 5.91 Å². The summed E-state index contributed by atoms with van der Waals surface area (Å²) in [6.07, 6.45) is -0.332. The lowest BCUT2D eigenvalue weighted by molar-refractivity contribution is -0.137. The average molecular weight is 230 g/mol. The van der Waals surface area contributed by atoms with Crippen LogP contribution < -0.4 is 0 Å². The lowest BCUT2D eigenvalue weighted by atomic mass is 10.1. The molecule has 1 saturated heterocycles. The van der Waals surface area contributed by atoms with Gasteiger partial charge in [-0.05, 0) is 13.8 Å². The van der Waals surface area contributed by atoms with E-state index in [2.05, 4.69) is 4.90 Å². The van der Waals surface area contributed by atoms with Crippen LogP contribution in [0.2, 0.25) is 0 Å². The topological polar surface area (TPSA) is 53.0 Å². The van der Waals surface area contributed by atoms with Crippen molar-refractivity contribution >= 4 is 5.91 Å². The number of piperazine rings is 1. The van der Waals surface area contributed by atoms with E-state index < -0.39 is 0 Å². The van der Waals surface area contributed by atoms with Crippen LogP contribution in [0.4, 0.5) is 0 Å². The maximum Gasteiger partial charge on any atom is 0.248 e. The maximum absolute atomic E-state index is 11.5. The van der Waals surface area contributed by atoms with Gasteiger partial charge in [0.25, 0.3) is 0 Å². The van der Waals surface area contributed by atoms with Crippen molar-refractivity contribution in [1.82, 2.24) is 9.80 Å². The van der Waals surface area contributed by atoms with Crippen LogP contribution in [0, 0.1) is 0 Å². The number of methoxy groups -OCH3 is 1. The molecule has 1 rings (SSSR count). The van der Waals surface area contributed by atoms with Gasteiger partial charge in [-0.3, -0.25) is 9.69 Å². The van der Waals surface area contributed by atoms with Gasteiger partial charge < -0.3 is 14.7 Å². The number of carbonyl (C=O) groups excluding carboxylic acids is 1. The molecule has 1 aliphatic rings. The zero-order valence-electron chi connectivity index (χ0n) is 10.3. The molecule has 1 fully saturated rings. The van der Waals surface area contributed by atoms with Crippen LogP contribution in [0.5, 0.6) is 0 Å². The van der Waals surface area contributed by atoms with Crippen molar-refractivity contribution in [2.75, 3.05) is 39.9 Å². The number of aliphatic hydroxyl groups is 1. The highest BCUT2D eigenvalue weighted by Gasteiger charge is 2.25. The Morgan fingerprint density at radius 1 is 1.31 bits per heavy atom. The van der Waals surface area contributed by atoms with Crippen LogP contribution in [0.3, 0.4) is 0 Å². The third-order valence-corrected chi connectivity index (χ3v) is 3.21. The molecule has 0 saturated carbocycles. The Balaban J connectivity index is 2.36. The van der Waals surface area contributed by atoms with Gasteiger partial charge in [0, 0.05) is 39.3 Å². The van der Waals surface area contributed by atoms with Crippen LogP contribution >= 0.6 is 0 Å². The molecule has 1 aliphatic heterocycles. The number of hydrogen-bond donors (Lipinski definition) is 1. The zero-order chi connectivity index (χ0) is 12.1. The summed E-state index contributed by atoms with van der Waals surface area (Å²) in [4.78, 5) is 15.6. The SMILES string of the molecule is COCC(=O)N1CCN([C@H](C)[C@H](C)O)CC1. The number of aliphatic hydroxyl groups excluding tert-OH is 1. The molecule has 2 atom stereocenters. The Bertz CT molecular complexity index is 225. The number of hydrogen-bond acceptors (Lipinski definition) is 4. The van der Waals surface area contributed by atoms with Gasteiger partial charge in [-0.1, -0.05) is 0 Å². The van der Waals surface area contributed by atoms with Crippen molar-refractivity contribution in [3.63, 3.8) is 0 Å². The van der Waals surface area contributed by atoms with Crippen LogP contribution in [0.15, 0.2) is 0 Å². The Hall–Kier alpha value is -0.650. The predicted molar refractivity (Wildman–Crippen MR) is 61.2 cm³/mol. The van der Waals surface area contributed by atoms with Crippen molar-refractivity contribution in [2.24, 2.45) is 0 Å². The molecule has 5 nitrogen and oxygen atoms in total. The molecule has 0 aromatic heterocycles. The number of ether oxygens (including phenoxy) is 1. The van der Waals surface area contributed by atoms with E-state index in [1.165, 1.54) is 7.11 Å². The van der Waals surface area contributed by atoms with E-state index in [1.54, 1.807) is 6.92 Å². The quantitative estimate of drug-likeness (QED) is 0.710. The second-order valence-corrected chi connectivity index (χ2v) is 4.33. The summed E-state index contributed by atoms with van der Waals surface area (Å²) in [5.74, 6) is 0.0480. The normalized spacial score (nSPS) is 21.9. The second kappa shape index (κ2) is 6.18. The maximum atomic E-state index is 11.5. The van der Waals surface area contributed by atoms with Gasteiger partial charge >= 0.3 is 0 Å².